The van der Waals surface area contributed by atoms with Gasteiger partial charge in [-0.3, -0.25) is 19.3 Å². The van der Waals surface area contributed by atoms with E-state index in [4.69, 9.17) is 0 Å². The Labute approximate surface area is 158 Å². The minimum atomic E-state index is -0.518. The molecule has 2 aliphatic heterocycles. The van der Waals surface area contributed by atoms with Crippen molar-refractivity contribution in [1.82, 2.24) is 9.80 Å². The minimum absolute atomic E-state index is 0.00305. The lowest BCUT2D eigenvalue weighted by atomic mass is 9.74. The first-order chi connectivity index (χ1) is 12.9. The molecule has 0 N–H and O–H groups in total. The number of benzene rings is 2. The standard InChI is InChI=1S/C22H22N2O3/c1-4-24-21(27)15-10-6-5-9-14(15)18(22(24,2)3)13-23-19(25)16-11-7-8-12-17(16)20(23)26/h5-12,18H,4,13H2,1-3H3. The van der Waals surface area contributed by atoms with E-state index in [1.807, 2.05) is 49.9 Å². The van der Waals surface area contributed by atoms with E-state index < -0.39 is 5.54 Å². The summed E-state index contributed by atoms with van der Waals surface area (Å²) < 4.78 is 0. The molecule has 0 radical (unpaired) electrons. The molecule has 5 heteroatoms. The van der Waals surface area contributed by atoms with Crippen LogP contribution in [-0.2, 0) is 0 Å². The van der Waals surface area contributed by atoms with Crippen LogP contribution in [0.1, 0.15) is 63.3 Å². The smallest absolute Gasteiger partial charge is 0.261 e. The van der Waals surface area contributed by atoms with Crippen molar-refractivity contribution >= 4 is 17.7 Å². The van der Waals surface area contributed by atoms with Crippen molar-refractivity contribution in [3.8, 4) is 0 Å². The molecular weight excluding hydrogens is 340 g/mol. The van der Waals surface area contributed by atoms with E-state index in [0.29, 0.717) is 23.2 Å². The van der Waals surface area contributed by atoms with Crippen LogP contribution in [0.3, 0.4) is 0 Å². The van der Waals surface area contributed by atoms with Crippen LogP contribution < -0.4 is 0 Å². The van der Waals surface area contributed by atoms with Gasteiger partial charge in [0.05, 0.1) is 11.1 Å². The van der Waals surface area contributed by atoms with Crippen molar-refractivity contribution in [1.29, 1.82) is 0 Å². The van der Waals surface area contributed by atoms with Gasteiger partial charge in [-0.1, -0.05) is 30.3 Å². The maximum Gasteiger partial charge on any atom is 0.261 e. The van der Waals surface area contributed by atoms with Crippen LogP contribution >= 0.6 is 0 Å². The van der Waals surface area contributed by atoms with Crippen molar-refractivity contribution in [2.75, 3.05) is 13.1 Å². The molecule has 3 amide bonds. The lowest BCUT2D eigenvalue weighted by Gasteiger charge is -2.49. The number of rotatable bonds is 3. The number of amides is 3. The molecule has 1 atom stereocenters. The van der Waals surface area contributed by atoms with Crippen molar-refractivity contribution < 1.29 is 14.4 Å². The van der Waals surface area contributed by atoms with Gasteiger partial charge >= 0.3 is 0 Å². The first-order valence-corrected chi connectivity index (χ1v) is 9.24. The maximum atomic E-state index is 12.9. The first-order valence-electron chi connectivity index (χ1n) is 9.24. The second-order valence-corrected chi connectivity index (χ2v) is 7.61. The number of likely N-dealkylation sites (N-methyl/N-ethyl adjacent to an activating group) is 1. The van der Waals surface area contributed by atoms with Gasteiger partial charge < -0.3 is 4.90 Å². The summed E-state index contributed by atoms with van der Waals surface area (Å²) in [6, 6.07) is 14.4. The predicted octanol–water partition coefficient (Wildman–Crippen LogP) is 3.32. The van der Waals surface area contributed by atoms with Crippen LogP contribution in [0.15, 0.2) is 48.5 Å². The van der Waals surface area contributed by atoms with E-state index in [0.717, 1.165) is 5.56 Å². The summed E-state index contributed by atoms with van der Waals surface area (Å²) in [5.41, 5.74) is 1.94. The molecule has 138 valence electrons. The molecular formula is C22H22N2O3. The predicted molar refractivity (Wildman–Crippen MR) is 102 cm³/mol. The quantitative estimate of drug-likeness (QED) is 0.787. The summed E-state index contributed by atoms with van der Waals surface area (Å²) in [6.45, 7) is 6.78. The van der Waals surface area contributed by atoms with Gasteiger partial charge in [0.25, 0.3) is 17.7 Å². The third-order valence-electron chi connectivity index (χ3n) is 5.92. The SMILES string of the molecule is CCN1C(=O)c2ccccc2C(CN2C(=O)c3ccccc3C2=O)C1(C)C. The fraction of sp³-hybridized carbons (Fsp3) is 0.318. The maximum absolute atomic E-state index is 12.9. The van der Waals surface area contributed by atoms with Crippen LogP contribution in [0.25, 0.3) is 0 Å². The Morgan fingerprint density at radius 3 is 1.89 bits per heavy atom. The van der Waals surface area contributed by atoms with Gasteiger partial charge in [-0.25, -0.2) is 0 Å². The number of imide groups is 1. The zero-order chi connectivity index (χ0) is 19.3. The summed E-state index contributed by atoms with van der Waals surface area (Å²) >= 11 is 0. The molecule has 0 fully saturated rings. The van der Waals surface area contributed by atoms with Gasteiger partial charge in [0.1, 0.15) is 0 Å². The van der Waals surface area contributed by atoms with Crippen LogP contribution in [-0.4, -0.2) is 46.1 Å². The molecule has 0 saturated carbocycles. The summed E-state index contributed by atoms with van der Waals surface area (Å²) in [4.78, 5) is 41.8. The monoisotopic (exact) mass is 362 g/mol. The summed E-state index contributed by atoms with van der Waals surface area (Å²) in [6.07, 6.45) is 0. The minimum Gasteiger partial charge on any atom is -0.333 e. The van der Waals surface area contributed by atoms with Crippen LogP contribution in [0.2, 0.25) is 0 Å². The van der Waals surface area contributed by atoms with Crippen LogP contribution in [0.4, 0.5) is 0 Å². The second-order valence-electron chi connectivity index (χ2n) is 7.61. The van der Waals surface area contributed by atoms with E-state index >= 15 is 0 Å². The molecule has 1 unspecified atom stereocenters. The number of nitrogens with zero attached hydrogens (tertiary/aromatic N) is 2. The molecule has 4 rings (SSSR count). The molecule has 2 aromatic rings. The Morgan fingerprint density at radius 2 is 1.33 bits per heavy atom. The summed E-state index contributed by atoms with van der Waals surface area (Å²) in [5.74, 6) is -0.682. The van der Waals surface area contributed by atoms with Crippen molar-refractivity contribution in [2.24, 2.45) is 0 Å². The van der Waals surface area contributed by atoms with Gasteiger partial charge in [-0.05, 0) is 44.5 Å². The van der Waals surface area contributed by atoms with Gasteiger partial charge in [-0.15, -0.1) is 0 Å². The normalized spacial score (nSPS) is 20.7. The topological polar surface area (TPSA) is 57.7 Å². The lowest BCUT2D eigenvalue weighted by Crippen LogP contribution is -2.57. The molecule has 0 spiro atoms. The van der Waals surface area contributed by atoms with E-state index in [9.17, 15) is 14.4 Å². The molecule has 0 bridgehead atoms. The van der Waals surface area contributed by atoms with Gasteiger partial charge in [0.15, 0.2) is 0 Å². The number of hydrogen-bond acceptors (Lipinski definition) is 3. The number of hydrogen-bond donors (Lipinski definition) is 0. The van der Waals surface area contributed by atoms with E-state index in [-0.39, 0.29) is 30.2 Å². The summed E-state index contributed by atoms with van der Waals surface area (Å²) in [5, 5.41) is 0. The van der Waals surface area contributed by atoms with E-state index in [1.165, 1.54) is 4.90 Å². The highest BCUT2D eigenvalue weighted by Gasteiger charge is 2.47. The van der Waals surface area contributed by atoms with Crippen LogP contribution in [0.5, 0.6) is 0 Å². The Balaban J connectivity index is 1.77. The van der Waals surface area contributed by atoms with Crippen molar-refractivity contribution in [2.45, 2.75) is 32.2 Å². The highest BCUT2D eigenvalue weighted by molar-refractivity contribution is 6.21. The third-order valence-corrected chi connectivity index (χ3v) is 5.92. The Bertz CT molecular complexity index is 929. The highest BCUT2D eigenvalue weighted by atomic mass is 16.2. The van der Waals surface area contributed by atoms with Gasteiger partial charge in [0.2, 0.25) is 0 Å². The van der Waals surface area contributed by atoms with E-state index in [2.05, 4.69) is 0 Å². The largest absolute Gasteiger partial charge is 0.333 e. The molecule has 2 aliphatic rings. The number of fused-ring (bicyclic) bond motifs is 2. The molecule has 0 saturated heterocycles. The molecule has 2 heterocycles. The average Bonchev–Trinajstić information content (AvgIpc) is 2.90. The van der Waals surface area contributed by atoms with Crippen LogP contribution in [0, 0.1) is 0 Å². The van der Waals surface area contributed by atoms with Gasteiger partial charge in [-0.2, -0.15) is 0 Å². The van der Waals surface area contributed by atoms with Gasteiger partial charge in [0, 0.05) is 30.1 Å². The lowest BCUT2D eigenvalue weighted by molar-refractivity contribution is 0.0383. The Hall–Kier alpha value is -2.95. The Kier molecular flexibility index (Phi) is 3.91. The molecule has 5 nitrogen and oxygen atoms in total. The molecule has 0 aliphatic carbocycles. The zero-order valence-corrected chi connectivity index (χ0v) is 15.7. The zero-order valence-electron chi connectivity index (χ0n) is 15.7. The molecule has 2 aromatic carbocycles. The third kappa shape index (κ3) is 2.41. The Morgan fingerprint density at radius 1 is 0.815 bits per heavy atom. The molecule has 27 heavy (non-hydrogen) atoms. The van der Waals surface area contributed by atoms with Crippen molar-refractivity contribution in [3.63, 3.8) is 0 Å². The van der Waals surface area contributed by atoms with E-state index in [1.54, 1.807) is 24.3 Å². The first kappa shape index (κ1) is 17.5. The highest BCUT2D eigenvalue weighted by Crippen LogP contribution is 2.42. The number of carbonyl (C=O) groups is 3. The fourth-order valence-corrected chi connectivity index (χ4v) is 4.43. The average molecular weight is 362 g/mol. The second kappa shape index (κ2) is 6.05. The fourth-order valence-electron chi connectivity index (χ4n) is 4.43. The van der Waals surface area contributed by atoms with Crippen molar-refractivity contribution in [3.05, 3.63) is 70.8 Å². The number of carbonyl (C=O) groups excluding carboxylic acids is 3. The molecule has 0 aromatic heterocycles. The summed E-state index contributed by atoms with van der Waals surface area (Å²) in [7, 11) is 0.